The van der Waals surface area contributed by atoms with Gasteiger partial charge < -0.3 is 10.6 Å². The van der Waals surface area contributed by atoms with Gasteiger partial charge in [0.1, 0.15) is 0 Å². The van der Waals surface area contributed by atoms with Crippen molar-refractivity contribution in [3.05, 3.63) is 24.3 Å². The zero-order chi connectivity index (χ0) is 13.9. The van der Waals surface area contributed by atoms with E-state index in [9.17, 15) is 4.79 Å². The summed E-state index contributed by atoms with van der Waals surface area (Å²) in [7, 11) is 0. The second-order valence-electron chi connectivity index (χ2n) is 6.42. The Hall–Kier alpha value is -1.51. The van der Waals surface area contributed by atoms with Crippen LogP contribution >= 0.6 is 0 Å². The van der Waals surface area contributed by atoms with E-state index in [0.717, 1.165) is 30.1 Å². The Kier molecular flexibility index (Phi) is 3.95. The minimum Gasteiger partial charge on any atom is -0.383 e. The number of carbonyl (C=O) groups is 1. The largest absolute Gasteiger partial charge is 0.383 e. The van der Waals surface area contributed by atoms with Crippen LogP contribution in [0.5, 0.6) is 0 Å². The van der Waals surface area contributed by atoms with Crippen molar-refractivity contribution in [3.8, 4) is 0 Å². The molecule has 0 radical (unpaired) electrons. The molecule has 3 rings (SSSR count). The fourth-order valence-corrected chi connectivity index (χ4v) is 2.81. The smallest absolute Gasteiger partial charge is 0.227 e. The van der Waals surface area contributed by atoms with Gasteiger partial charge in [0, 0.05) is 23.3 Å². The third-order valence-corrected chi connectivity index (χ3v) is 4.43. The van der Waals surface area contributed by atoms with Crippen molar-refractivity contribution < 1.29 is 4.79 Å². The van der Waals surface area contributed by atoms with Crippen LogP contribution in [-0.4, -0.2) is 11.9 Å². The minimum absolute atomic E-state index is 0.170. The van der Waals surface area contributed by atoms with Crippen molar-refractivity contribution in [2.24, 2.45) is 11.8 Å². The highest BCUT2D eigenvalue weighted by Crippen LogP contribution is 2.32. The Bertz CT molecular complexity index is 460. The predicted molar refractivity (Wildman–Crippen MR) is 82.8 cm³/mol. The monoisotopic (exact) mass is 272 g/mol. The Labute approximate surface area is 121 Å². The van der Waals surface area contributed by atoms with Gasteiger partial charge in [0.25, 0.3) is 0 Å². The van der Waals surface area contributed by atoms with Gasteiger partial charge in [-0.1, -0.05) is 19.3 Å². The molecular formula is C17H24N2O. The Morgan fingerprint density at radius 3 is 2.35 bits per heavy atom. The fourth-order valence-electron chi connectivity index (χ4n) is 2.81. The molecule has 20 heavy (non-hydrogen) atoms. The van der Waals surface area contributed by atoms with Crippen LogP contribution in [0.2, 0.25) is 0 Å². The summed E-state index contributed by atoms with van der Waals surface area (Å²) in [5.74, 6) is 1.36. The van der Waals surface area contributed by atoms with Crippen LogP contribution in [0.3, 0.4) is 0 Å². The van der Waals surface area contributed by atoms with Crippen molar-refractivity contribution >= 4 is 17.3 Å². The molecule has 2 aliphatic carbocycles. The van der Waals surface area contributed by atoms with Crippen LogP contribution in [0.15, 0.2) is 24.3 Å². The molecule has 0 aliphatic heterocycles. The number of rotatable bonds is 6. The van der Waals surface area contributed by atoms with Gasteiger partial charge in [-0.05, 0) is 56.4 Å². The van der Waals surface area contributed by atoms with E-state index in [1.54, 1.807) is 0 Å². The maximum Gasteiger partial charge on any atom is 0.227 e. The number of benzene rings is 1. The van der Waals surface area contributed by atoms with E-state index in [2.05, 4.69) is 29.7 Å². The minimum atomic E-state index is 0.170. The first-order valence-electron chi connectivity index (χ1n) is 7.88. The number of hydrogen-bond acceptors (Lipinski definition) is 2. The summed E-state index contributed by atoms with van der Waals surface area (Å²) in [5, 5.41) is 6.51. The zero-order valence-corrected chi connectivity index (χ0v) is 12.2. The molecule has 1 amide bonds. The van der Waals surface area contributed by atoms with Crippen LogP contribution in [-0.2, 0) is 4.79 Å². The van der Waals surface area contributed by atoms with E-state index >= 15 is 0 Å². The number of carbonyl (C=O) groups excluding carboxylic acids is 1. The molecule has 0 bridgehead atoms. The SMILES string of the molecule is CC(CC1CCC1)Nc1ccc(NC(=O)C2CC2)cc1. The van der Waals surface area contributed by atoms with Gasteiger partial charge in [0.2, 0.25) is 5.91 Å². The summed E-state index contributed by atoms with van der Waals surface area (Å²) in [4.78, 5) is 11.7. The molecule has 3 heteroatoms. The average molecular weight is 272 g/mol. The Morgan fingerprint density at radius 2 is 1.80 bits per heavy atom. The van der Waals surface area contributed by atoms with Crippen LogP contribution in [0.4, 0.5) is 11.4 Å². The van der Waals surface area contributed by atoms with Crippen LogP contribution in [0.25, 0.3) is 0 Å². The second kappa shape index (κ2) is 5.86. The molecule has 108 valence electrons. The van der Waals surface area contributed by atoms with E-state index in [1.165, 1.54) is 25.7 Å². The average Bonchev–Trinajstić information content (AvgIpc) is 3.20. The second-order valence-corrected chi connectivity index (χ2v) is 6.42. The van der Waals surface area contributed by atoms with Gasteiger partial charge in [0.15, 0.2) is 0 Å². The Balaban J connectivity index is 1.48. The quantitative estimate of drug-likeness (QED) is 0.821. The molecule has 1 aromatic carbocycles. The number of amides is 1. The van der Waals surface area contributed by atoms with Crippen molar-refractivity contribution in [1.29, 1.82) is 0 Å². The first-order valence-corrected chi connectivity index (χ1v) is 7.88. The van der Waals surface area contributed by atoms with E-state index in [-0.39, 0.29) is 11.8 Å². The summed E-state index contributed by atoms with van der Waals surface area (Å²) in [5.41, 5.74) is 2.04. The number of anilines is 2. The lowest BCUT2D eigenvalue weighted by Crippen LogP contribution is -2.23. The molecule has 0 saturated heterocycles. The molecule has 0 spiro atoms. The highest BCUT2D eigenvalue weighted by atomic mass is 16.2. The summed E-state index contributed by atoms with van der Waals surface area (Å²) in [6, 6.07) is 8.60. The molecular weight excluding hydrogens is 248 g/mol. The third-order valence-electron chi connectivity index (χ3n) is 4.43. The topological polar surface area (TPSA) is 41.1 Å². The van der Waals surface area contributed by atoms with E-state index in [1.807, 2.05) is 12.1 Å². The van der Waals surface area contributed by atoms with E-state index < -0.39 is 0 Å². The zero-order valence-electron chi connectivity index (χ0n) is 12.2. The molecule has 0 heterocycles. The standard InChI is InChI=1S/C17H24N2O/c1-12(11-13-3-2-4-13)18-15-7-9-16(10-8-15)19-17(20)14-5-6-14/h7-10,12-14,18H,2-6,11H2,1H3,(H,19,20). The first kappa shape index (κ1) is 13.5. The Morgan fingerprint density at radius 1 is 1.15 bits per heavy atom. The van der Waals surface area contributed by atoms with Crippen LogP contribution in [0.1, 0.15) is 45.4 Å². The summed E-state index contributed by atoms with van der Waals surface area (Å²) < 4.78 is 0. The molecule has 2 aliphatic rings. The number of hydrogen-bond donors (Lipinski definition) is 2. The van der Waals surface area contributed by atoms with Gasteiger partial charge >= 0.3 is 0 Å². The summed E-state index contributed by atoms with van der Waals surface area (Å²) in [6.45, 7) is 2.25. The van der Waals surface area contributed by atoms with Crippen LogP contribution in [0, 0.1) is 11.8 Å². The lowest BCUT2D eigenvalue weighted by Gasteiger charge is -2.28. The maximum absolute atomic E-state index is 11.7. The van der Waals surface area contributed by atoms with Gasteiger partial charge in [0.05, 0.1) is 0 Å². The van der Waals surface area contributed by atoms with Crippen molar-refractivity contribution in [3.63, 3.8) is 0 Å². The molecule has 2 N–H and O–H groups in total. The van der Waals surface area contributed by atoms with Gasteiger partial charge in [-0.2, -0.15) is 0 Å². The lowest BCUT2D eigenvalue weighted by molar-refractivity contribution is -0.117. The predicted octanol–water partition coefficient (Wildman–Crippen LogP) is 4.03. The van der Waals surface area contributed by atoms with E-state index in [0.29, 0.717) is 6.04 Å². The third kappa shape index (κ3) is 3.53. The molecule has 2 fully saturated rings. The highest BCUT2D eigenvalue weighted by Gasteiger charge is 2.29. The van der Waals surface area contributed by atoms with Crippen molar-refractivity contribution in [2.75, 3.05) is 10.6 Å². The van der Waals surface area contributed by atoms with E-state index in [4.69, 9.17) is 0 Å². The molecule has 2 saturated carbocycles. The first-order chi connectivity index (χ1) is 9.70. The highest BCUT2D eigenvalue weighted by molar-refractivity contribution is 5.94. The number of nitrogens with one attached hydrogen (secondary N) is 2. The normalized spacial score (nSPS) is 20.1. The van der Waals surface area contributed by atoms with Crippen molar-refractivity contribution in [1.82, 2.24) is 0 Å². The lowest BCUT2D eigenvalue weighted by atomic mass is 9.81. The fraction of sp³-hybridized carbons (Fsp3) is 0.588. The molecule has 1 unspecified atom stereocenters. The van der Waals surface area contributed by atoms with Crippen molar-refractivity contribution in [2.45, 2.75) is 51.5 Å². The molecule has 1 aromatic rings. The summed E-state index contributed by atoms with van der Waals surface area (Å²) in [6.07, 6.45) is 7.57. The van der Waals surface area contributed by atoms with Crippen LogP contribution < -0.4 is 10.6 Å². The summed E-state index contributed by atoms with van der Waals surface area (Å²) >= 11 is 0. The van der Waals surface area contributed by atoms with Gasteiger partial charge in [-0.3, -0.25) is 4.79 Å². The van der Waals surface area contributed by atoms with Gasteiger partial charge in [-0.15, -0.1) is 0 Å². The van der Waals surface area contributed by atoms with Gasteiger partial charge in [-0.25, -0.2) is 0 Å². The molecule has 3 nitrogen and oxygen atoms in total. The maximum atomic E-state index is 11.7. The molecule has 1 atom stereocenters. The molecule has 0 aromatic heterocycles.